The predicted octanol–water partition coefficient (Wildman–Crippen LogP) is 5.77. The summed E-state index contributed by atoms with van der Waals surface area (Å²) in [4.78, 5) is 15.0. The van der Waals surface area contributed by atoms with Gasteiger partial charge in [-0.15, -0.1) is 0 Å². The number of ether oxygens (including phenoxy) is 2. The van der Waals surface area contributed by atoms with Crippen LogP contribution in [-0.2, 0) is 13.0 Å². The molecule has 4 rings (SSSR count). The highest BCUT2D eigenvalue weighted by molar-refractivity contribution is 6.30. The molecule has 168 valence electrons. The minimum atomic E-state index is -0.0623. The Bertz CT molecular complexity index is 1080. The zero-order chi connectivity index (χ0) is 22.5. The number of hydrogen-bond acceptors (Lipinski definition) is 5. The molecule has 0 radical (unpaired) electrons. The first kappa shape index (κ1) is 22.2. The lowest BCUT2D eigenvalue weighted by atomic mass is 10.00. The van der Waals surface area contributed by atoms with E-state index in [0.29, 0.717) is 54.8 Å². The van der Waals surface area contributed by atoms with Crippen LogP contribution in [0.1, 0.15) is 48.3 Å². The zero-order valence-corrected chi connectivity index (χ0v) is 19.2. The molecule has 1 aliphatic heterocycles. The predicted molar refractivity (Wildman–Crippen MR) is 123 cm³/mol. The Balaban J connectivity index is 1.50. The van der Waals surface area contributed by atoms with Crippen molar-refractivity contribution in [2.75, 3.05) is 19.8 Å². The number of hydrogen-bond donors (Lipinski definition) is 0. The molecule has 7 heteroatoms. The van der Waals surface area contributed by atoms with E-state index in [1.807, 2.05) is 37.3 Å². The quantitative estimate of drug-likeness (QED) is 0.404. The number of unbranched alkanes of at least 4 members (excludes halogenated alkanes) is 1. The van der Waals surface area contributed by atoms with Crippen LogP contribution in [0, 0.1) is 0 Å². The van der Waals surface area contributed by atoms with Gasteiger partial charge in [0.1, 0.15) is 5.69 Å². The Labute approximate surface area is 193 Å². The van der Waals surface area contributed by atoms with Gasteiger partial charge >= 0.3 is 0 Å². The van der Waals surface area contributed by atoms with Crippen LogP contribution in [0.5, 0.6) is 11.5 Å². The first-order chi connectivity index (χ1) is 15.6. The van der Waals surface area contributed by atoms with Gasteiger partial charge in [0.15, 0.2) is 17.3 Å². The average Bonchev–Trinajstić information content (AvgIpc) is 3.23. The molecule has 0 saturated heterocycles. The van der Waals surface area contributed by atoms with E-state index in [9.17, 15) is 4.79 Å². The third-order valence-electron chi connectivity index (χ3n) is 5.48. The molecule has 0 unspecified atom stereocenters. The third-order valence-corrected chi connectivity index (χ3v) is 5.73. The van der Waals surface area contributed by atoms with Gasteiger partial charge in [0.25, 0.3) is 5.91 Å². The fourth-order valence-corrected chi connectivity index (χ4v) is 3.90. The summed E-state index contributed by atoms with van der Waals surface area (Å²) in [7, 11) is 0. The van der Waals surface area contributed by atoms with Crippen molar-refractivity contribution < 1.29 is 18.8 Å². The second-order valence-electron chi connectivity index (χ2n) is 7.72. The number of rotatable bonds is 8. The molecule has 0 saturated carbocycles. The zero-order valence-electron chi connectivity index (χ0n) is 18.4. The second-order valence-corrected chi connectivity index (χ2v) is 8.15. The van der Waals surface area contributed by atoms with Crippen molar-refractivity contribution in [1.82, 2.24) is 10.1 Å². The number of fused-ring (bicyclic) bond motifs is 1. The molecule has 0 N–H and O–H groups in total. The Kier molecular flexibility index (Phi) is 7.00. The molecule has 2 heterocycles. The van der Waals surface area contributed by atoms with Crippen LogP contribution in [0.25, 0.3) is 11.3 Å². The maximum atomic E-state index is 13.2. The monoisotopic (exact) mass is 454 g/mol. The lowest BCUT2D eigenvalue weighted by Gasteiger charge is -2.26. The van der Waals surface area contributed by atoms with Crippen molar-refractivity contribution in [2.24, 2.45) is 0 Å². The normalized spacial score (nSPS) is 13.0. The van der Waals surface area contributed by atoms with E-state index >= 15 is 0 Å². The average molecular weight is 455 g/mol. The van der Waals surface area contributed by atoms with E-state index in [0.717, 1.165) is 35.4 Å². The van der Waals surface area contributed by atoms with Gasteiger partial charge in [0, 0.05) is 28.3 Å². The summed E-state index contributed by atoms with van der Waals surface area (Å²) in [5.74, 6) is 1.95. The van der Waals surface area contributed by atoms with Crippen molar-refractivity contribution in [3.05, 3.63) is 64.3 Å². The van der Waals surface area contributed by atoms with E-state index in [4.69, 9.17) is 25.6 Å². The number of nitrogens with zero attached hydrogens (tertiary/aromatic N) is 2. The van der Waals surface area contributed by atoms with Crippen LogP contribution in [0.3, 0.4) is 0 Å². The van der Waals surface area contributed by atoms with Crippen molar-refractivity contribution in [1.29, 1.82) is 0 Å². The van der Waals surface area contributed by atoms with Gasteiger partial charge in [0.2, 0.25) is 0 Å². The van der Waals surface area contributed by atoms with Crippen LogP contribution < -0.4 is 9.47 Å². The second kappa shape index (κ2) is 10.1. The van der Waals surface area contributed by atoms with Gasteiger partial charge in [0.05, 0.1) is 19.8 Å². The standard InChI is InChI=1S/C25H27ClN2O4/c1-3-5-14-31-22-11-8-18(15-23(22)30-4-2)25(29)28-13-12-20-21(16-28)27-32-24(20)17-6-9-19(26)10-7-17/h6-11,15H,3-5,12-14,16H2,1-2H3. The molecule has 1 aromatic heterocycles. The number of aromatic nitrogens is 1. The van der Waals surface area contributed by atoms with Crippen molar-refractivity contribution in [3.8, 4) is 22.8 Å². The van der Waals surface area contributed by atoms with Gasteiger partial charge in [-0.3, -0.25) is 4.79 Å². The topological polar surface area (TPSA) is 64.8 Å². The molecule has 32 heavy (non-hydrogen) atoms. The third kappa shape index (κ3) is 4.75. The van der Waals surface area contributed by atoms with Crippen LogP contribution in [-0.4, -0.2) is 35.7 Å². The maximum absolute atomic E-state index is 13.2. The van der Waals surface area contributed by atoms with Crippen molar-refractivity contribution in [2.45, 2.75) is 39.7 Å². The Morgan fingerprint density at radius 1 is 1.12 bits per heavy atom. The highest BCUT2D eigenvalue weighted by atomic mass is 35.5. The van der Waals surface area contributed by atoms with E-state index in [2.05, 4.69) is 12.1 Å². The highest BCUT2D eigenvalue weighted by Gasteiger charge is 2.28. The Hall–Kier alpha value is -2.99. The number of carbonyl (C=O) groups is 1. The molecule has 0 aliphatic carbocycles. The van der Waals surface area contributed by atoms with Crippen LogP contribution in [0.15, 0.2) is 47.0 Å². The van der Waals surface area contributed by atoms with E-state index in [1.54, 1.807) is 17.0 Å². The van der Waals surface area contributed by atoms with E-state index in [1.165, 1.54) is 0 Å². The summed E-state index contributed by atoms with van der Waals surface area (Å²) in [5, 5.41) is 4.91. The first-order valence-electron chi connectivity index (χ1n) is 11.0. The summed E-state index contributed by atoms with van der Waals surface area (Å²) in [6.45, 7) is 6.16. The van der Waals surface area contributed by atoms with Crippen LogP contribution in [0.4, 0.5) is 0 Å². The summed E-state index contributed by atoms with van der Waals surface area (Å²) >= 11 is 5.99. The van der Waals surface area contributed by atoms with Gasteiger partial charge < -0.3 is 18.9 Å². The van der Waals surface area contributed by atoms with E-state index < -0.39 is 0 Å². The van der Waals surface area contributed by atoms with Gasteiger partial charge in [-0.2, -0.15) is 0 Å². The Morgan fingerprint density at radius 3 is 2.69 bits per heavy atom. The SMILES string of the molecule is CCCCOc1ccc(C(=O)N2CCc3c(noc3-c3ccc(Cl)cc3)C2)cc1OCC. The lowest BCUT2D eigenvalue weighted by Crippen LogP contribution is -2.36. The molecule has 0 bridgehead atoms. The van der Waals surface area contributed by atoms with Crippen LogP contribution in [0.2, 0.25) is 5.02 Å². The minimum Gasteiger partial charge on any atom is -0.490 e. The van der Waals surface area contributed by atoms with Crippen LogP contribution >= 0.6 is 11.6 Å². The fraction of sp³-hybridized carbons (Fsp3) is 0.360. The number of halogens is 1. The summed E-state index contributed by atoms with van der Waals surface area (Å²) in [5.41, 5.74) is 3.34. The number of amides is 1. The summed E-state index contributed by atoms with van der Waals surface area (Å²) in [6, 6.07) is 12.9. The maximum Gasteiger partial charge on any atom is 0.254 e. The van der Waals surface area contributed by atoms with Crippen molar-refractivity contribution in [3.63, 3.8) is 0 Å². The molecule has 0 fully saturated rings. The molecule has 0 atom stereocenters. The number of carbonyl (C=O) groups excluding carboxylic acids is 1. The molecular formula is C25H27ClN2O4. The molecule has 0 spiro atoms. The molecule has 1 aliphatic rings. The summed E-state index contributed by atoms with van der Waals surface area (Å²) < 4.78 is 17.2. The minimum absolute atomic E-state index is 0.0623. The molecule has 1 amide bonds. The van der Waals surface area contributed by atoms with Gasteiger partial charge in [-0.25, -0.2) is 0 Å². The molecule has 6 nitrogen and oxygen atoms in total. The smallest absolute Gasteiger partial charge is 0.254 e. The Morgan fingerprint density at radius 2 is 1.94 bits per heavy atom. The molecular weight excluding hydrogens is 428 g/mol. The number of benzene rings is 2. The first-order valence-corrected chi connectivity index (χ1v) is 11.4. The largest absolute Gasteiger partial charge is 0.490 e. The van der Waals surface area contributed by atoms with Gasteiger partial charge in [-0.1, -0.05) is 30.1 Å². The fourth-order valence-electron chi connectivity index (χ4n) is 3.77. The highest BCUT2D eigenvalue weighted by Crippen LogP contribution is 2.33. The van der Waals surface area contributed by atoms with Gasteiger partial charge in [-0.05, 0) is 62.2 Å². The molecule has 3 aromatic rings. The summed E-state index contributed by atoms with van der Waals surface area (Å²) in [6.07, 6.45) is 2.70. The molecule has 2 aromatic carbocycles. The lowest BCUT2D eigenvalue weighted by molar-refractivity contribution is 0.0731. The van der Waals surface area contributed by atoms with E-state index in [-0.39, 0.29) is 5.91 Å². The van der Waals surface area contributed by atoms with Crippen molar-refractivity contribution >= 4 is 17.5 Å².